The van der Waals surface area contributed by atoms with Crippen LogP contribution in [0.3, 0.4) is 0 Å². The molecule has 5 nitrogen and oxygen atoms in total. The summed E-state index contributed by atoms with van der Waals surface area (Å²) in [5.41, 5.74) is 0.108. The molecule has 0 aromatic heterocycles. The molecule has 0 N–H and O–H groups in total. The first-order chi connectivity index (χ1) is 9.49. The summed E-state index contributed by atoms with van der Waals surface area (Å²) in [5, 5.41) is 10.9. The molecular weight excluding hydrogens is 280 g/mol. The maximum absolute atomic E-state index is 12.4. The van der Waals surface area contributed by atoms with Crippen molar-refractivity contribution in [1.82, 2.24) is 4.90 Å². The Labute approximate surface area is 122 Å². The summed E-state index contributed by atoms with van der Waals surface area (Å²) >= 11 is 5.76. The van der Waals surface area contributed by atoms with E-state index in [0.717, 1.165) is 19.3 Å². The highest BCUT2D eigenvalue weighted by molar-refractivity contribution is 6.32. The number of rotatable bonds is 2. The number of nitrogens with zero attached hydrogens (tertiary/aromatic N) is 2. The molecule has 1 amide bonds. The zero-order chi connectivity index (χ0) is 14.7. The fourth-order valence-electron chi connectivity index (χ4n) is 2.43. The smallest absolute Gasteiger partial charge is 0.288 e. The Morgan fingerprint density at radius 1 is 1.40 bits per heavy atom. The number of nitro groups is 1. The van der Waals surface area contributed by atoms with Crippen molar-refractivity contribution in [1.29, 1.82) is 0 Å². The van der Waals surface area contributed by atoms with Crippen molar-refractivity contribution in [3.05, 3.63) is 38.9 Å². The van der Waals surface area contributed by atoms with Crippen molar-refractivity contribution in [2.75, 3.05) is 13.1 Å². The van der Waals surface area contributed by atoms with E-state index in [0.29, 0.717) is 24.6 Å². The third kappa shape index (κ3) is 3.28. The Kier molecular flexibility index (Phi) is 4.60. The molecule has 108 valence electrons. The molecule has 1 aliphatic heterocycles. The number of hydrogen-bond acceptors (Lipinski definition) is 3. The largest absolute Gasteiger partial charge is 0.339 e. The molecule has 0 saturated carbocycles. The van der Waals surface area contributed by atoms with Gasteiger partial charge >= 0.3 is 0 Å². The molecule has 1 aromatic rings. The predicted molar refractivity (Wildman–Crippen MR) is 77.0 cm³/mol. The fourth-order valence-corrected chi connectivity index (χ4v) is 2.62. The number of hydrogen-bond donors (Lipinski definition) is 0. The fraction of sp³-hybridized carbons (Fsp3) is 0.500. The number of likely N-dealkylation sites (tertiary alicyclic amines) is 1. The molecule has 0 radical (unpaired) electrons. The van der Waals surface area contributed by atoms with Crippen molar-refractivity contribution >= 4 is 23.2 Å². The van der Waals surface area contributed by atoms with Crippen molar-refractivity contribution in [3.63, 3.8) is 0 Å². The highest BCUT2D eigenvalue weighted by atomic mass is 35.5. The van der Waals surface area contributed by atoms with Crippen LogP contribution in [0.25, 0.3) is 0 Å². The molecule has 1 unspecified atom stereocenters. The van der Waals surface area contributed by atoms with Gasteiger partial charge in [0.15, 0.2) is 0 Å². The highest BCUT2D eigenvalue weighted by Gasteiger charge is 2.22. The summed E-state index contributed by atoms with van der Waals surface area (Å²) < 4.78 is 0. The van der Waals surface area contributed by atoms with Crippen molar-refractivity contribution in [3.8, 4) is 0 Å². The van der Waals surface area contributed by atoms with Gasteiger partial charge in [0.1, 0.15) is 5.02 Å². The Hall–Kier alpha value is -1.62. The molecule has 0 spiro atoms. The quantitative estimate of drug-likeness (QED) is 0.619. The maximum Gasteiger partial charge on any atom is 0.288 e. The van der Waals surface area contributed by atoms with Gasteiger partial charge in [0.05, 0.1) is 4.92 Å². The topological polar surface area (TPSA) is 63.5 Å². The number of amides is 1. The molecule has 2 rings (SSSR count). The first-order valence-corrected chi connectivity index (χ1v) is 7.10. The van der Waals surface area contributed by atoms with Crippen LogP contribution in [0.15, 0.2) is 18.2 Å². The first-order valence-electron chi connectivity index (χ1n) is 6.72. The van der Waals surface area contributed by atoms with Gasteiger partial charge in [0.2, 0.25) is 0 Å². The summed E-state index contributed by atoms with van der Waals surface area (Å²) in [6, 6.07) is 4.22. The Morgan fingerprint density at radius 2 is 2.15 bits per heavy atom. The molecule has 1 saturated heterocycles. The van der Waals surface area contributed by atoms with Crippen molar-refractivity contribution < 1.29 is 9.72 Å². The van der Waals surface area contributed by atoms with Gasteiger partial charge in [-0.25, -0.2) is 0 Å². The molecule has 0 aliphatic carbocycles. The van der Waals surface area contributed by atoms with E-state index >= 15 is 0 Å². The number of carbonyl (C=O) groups is 1. The van der Waals surface area contributed by atoms with Gasteiger partial charge in [-0.15, -0.1) is 0 Å². The van der Waals surface area contributed by atoms with Crippen LogP contribution in [-0.4, -0.2) is 28.8 Å². The van der Waals surface area contributed by atoms with Crippen LogP contribution in [0.4, 0.5) is 5.69 Å². The van der Waals surface area contributed by atoms with Gasteiger partial charge in [-0.05, 0) is 37.3 Å². The SMILES string of the molecule is CC1CCCN(C(=O)c2ccc(Cl)c([N+](=O)[O-])c2)CC1. The normalized spacial score (nSPS) is 19.5. The summed E-state index contributed by atoms with van der Waals surface area (Å²) in [5.74, 6) is 0.464. The van der Waals surface area contributed by atoms with E-state index in [2.05, 4.69) is 6.92 Å². The zero-order valence-corrected chi connectivity index (χ0v) is 12.1. The second-order valence-corrected chi connectivity index (χ2v) is 5.66. The minimum absolute atomic E-state index is 0.0519. The van der Waals surface area contributed by atoms with Gasteiger partial charge in [-0.1, -0.05) is 18.5 Å². The van der Waals surface area contributed by atoms with Gasteiger partial charge in [-0.3, -0.25) is 14.9 Å². The van der Waals surface area contributed by atoms with E-state index in [9.17, 15) is 14.9 Å². The molecule has 1 atom stereocenters. The van der Waals surface area contributed by atoms with Gasteiger partial charge < -0.3 is 4.90 Å². The minimum Gasteiger partial charge on any atom is -0.339 e. The average Bonchev–Trinajstić information content (AvgIpc) is 2.63. The van der Waals surface area contributed by atoms with Crippen LogP contribution in [0.1, 0.15) is 36.5 Å². The molecule has 1 heterocycles. The first kappa shape index (κ1) is 14.8. The molecule has 6 heteroatoms. The van der Waals surface area contributed by atoms with Crippen LogP contribution in [0.5, 0.6) is 0 Å². The Bertz CT molecular complexity index is 533. The molecule has 1 fully saturated rings. The number of halogens is 1. The van der Waals surface area contributed by atoms with Crippen LogP contribution in [0.2, 0.25) is 5.02 Å². The van der Waals surface area contributed by atoms with Crippen molar-refractivity contribution in [2.45, 2.75) is 26.2 Å². The summed E-state index contributed by atoms with van der Waals surface area (Å²) in [7, 11) is 0. The molecular formula is C14H17ClN2O3. The number of carbonyl (C=O) groups excluding carboxylic acids is 1. The van der Waals surface area contributed by atoms with E-state index in [-0.39, 0.29) is 16.6 Å². The highest BCUT2D eigenvalue weighted by Crippen LogP contribution is 2.26. The molecule has 1 aliphatic rings. The van der Waals surface area contributed by atoms with E-state index in [1.165, 1.54) is 12.1 Å². The third-order valence-electron chi connectivity index (χ3n) is 3.69. The predicted octanol–water partition coefficient (Wildman–Crippen LogP) is 3.51. The van der Waals surface area contributed by atoms with E-state index in [1.54, 1.807) is 11.0 Å². The second kappa shape index (κ2) is 6.22. The zero-order valence-electron chi connectivity index (χ0n) is 11.3. The third-order valence-corrected chi connectivity index (χ3v) is 4.01. The monoisotopic (exact) mass is 296 g/mol. The maximum atomic E-state index is 12.4. The Morgan fingerprint density at radius 3 is 2.85 bits per heavy atom. The summed E-state index contributed by atoms with van der Waals surface area (Å²) in [4.78, 5) is 24.5. The lowest BCUT2D eigenvalue weighted by molar-refractivity contribution is -0.384. The molecule has 20 heavy (non-hydrogen) atoms. The molecule has 0 bridgehead atoms. The lowest BCUT2D eigenvalue weighted by Gasteiger charge is -2.20. The van der Waals surface area contributed by atoms with Gasteiger partial charge in [0, 0.05) is 24.7 Å². The van der Waals surface area contributed by atoms with E-state index in [1.807, 2.05) is 0 Å². The van der Waals surface area contributed by atoms with E-state index < -0.39 is 4.92 Å². The lowest BCUT2D eigenvalue weighted by Crippen LogP contribution is -2.32. The van der Waals surface area contributed by atoms with Gasteiger partial charge in [0.25, 0.3) is 11.6 Å². The van der Waals surface area contributed by atoms with Crippen molar-refractivity contribution in [2.24, 2.45) is 5.92 Å². The van der Waals surface area contributed by atoms with Crippen LogP contribution in [0, 0.1) is 16.0 Å². The van der Waals surface area contributed by atoms with Crippen LogP contribution < -0.4 is 0 Å². The van der Waals surface area contributed by atoms with Crippen LogP contribution in [-0.2, 0) is 0 Å². The molecule has 1 aromatic carbocycles. The minimum atomic E-state index is -0.566. The second-order valence-electron chi connectivity index (χ2n) is 5.25. The average molecular weight is 297 g/mol. The van der Waals surface area contributed by atoms with Crippen LogP contribution >= 0.6 is 11.6 Å². The van der Waals surface area contributed by atoms with E-state index in [4.69, 9.17) is 11.6 Å². The summed E-state index contributed by atoms with van der Waals surface area (Å²) in [6.45, 7) is 3.59. The lowest BCUT2D eigenvalue weighted by atomic mass is 10.0. The number of nitro benzene ring substituents is 1. The van der Waals surface area contributed by atoms with Gasteiger partial charge in [-0.2, -0.15) is 0 Å². The number of benzene rings is 1. The standard InChI is InChI=1S/C14H17ClN2O3/c1-10-3-2-7-16(8-6-10)14(18)11-4-5-12(15)13(9-11)17(19)20/h4-5,9-10H,2-3,6-8H2,1H3. The Balaban J connectivity index is 2.20. The summed E-state index contributed by atoms with van der Waals surface area (Å²) in [6.07, 6.45) is 3.06.